The topological polar surface area (TPSA) is 72.9 Å². The molecule has 0 bridgehead atoms. The van der Waals surface area contributed by atoms with Crippen molar-refractivity contribution in [2.75, 3.05) is 44.6 Å². The van der Waals surface area contributed by atoms with Crippen molar-refractivity contribution in [3.63, 3.8) is 0 Å². The molecule has 1 heterocycles. The molecule has 1 aromatic carbocycles. The quantitative estimate of drug-likeness (QED) is 0.792. The molecule has 0 saturated carbocycles. The Balaban J connectivity index is 1.90. The van der Waals surface area contributed by atoms with Gasteiger partial charge in [-0.1, -0.05) is 6.07 Å². The van der Waals surface area contributed by atoms with Crippen LogP contribution in [0, 0.1) is 13.8 Å². The summed E-state index contributed by atoms with van der Waals surface area (Å²) in [5.74, 6) is -1.10. The van der Waals surface area contributed by atoms with Gasteiger partial charge in [-0.25, -0.2) is 0 Å². The average molecular weight is 305 g/mol. The van der Waals surface area contributed by atoms with E-state index in [1.807, 2.05) is 26.0 Å². The van der Waals surface area contributed by atoms with Crippen molar-refractivity contribution >= 4 is 17.5 Å². The SMILES string of the molecule is Cc1ccc(NC(=O)C(=O)N2CCN(CCO)CC2)cc1C. The minimum Gasteiger partial charge on any atom is -0.395 e. The van der Waals surface area contributed by atoms with Crippen molar-refractivity contribution in [3.8, 4) is 0 Å². The van der Waals surface area contributed by atoms with Gasteiger partial charge >= 0.3 is 11.8 Å². The van der Waals surface area contributed by atoms with E-state index in [1.165, 1.54) is 0 Å². The number of rotatable bonds is 3. The van der Waals surface area contributed by atoms with Crippen LogP contribution in [0.2, 0.25) is 0 Å². The first kappa shape index (κ1) is 16.5. The van der Waals surface area contributed by atoms with Crippen molar-refractivity contribution in [2.45, 2.75) is 13.8 Å². The number of benzene rings is 1. The summed E-state index contributed by atoms with van der Waals surface area (Å²) < 4.78 is 0. The maximum atomic E-state index is 12.2. The molecule has 2 rings (SSSR count). The van der Waals surface area contributed by atoms with Gasteiger partial charge in [0, 0.05) is 38.4 Å². The summed E-state index contributed by atoms with van der Waals surface area (Å²) in [6.45, 7) is 7.08. The number of amides is 2. The minimum atomic E-state index is -0.598. The highest BCUT2D eigenvalue weighted by Gasteiger charge is 2.25. The fourth-order valence-corrected chi connectivity index (χ4v) is 2.46. The molecule has 1 aliphatic rings. The molecule has 2 N–H and O–H groups in total. The normalized spacial score (nSPS) is 15.7. The third-order valence-electron chi connectivity index (χ3n) is 4.03. The zero-order valence-corrected chi connectivity index (χ0v) is 13.1. The number of β-amino-alcohol motifs (C(OH)–C–C–N with tert-alkyl or cyclic N) is 1. The lowest BCUT2D eigenvalue weighted by molar-refractivity contribution is -0.144. The zero-order valence-electron chi connectivity index (χ0n) is 13.1. The third kappa shape index (κ3) is 4.05. The molecule has 0 atom stereocenters. The summed E-state index contributed by atoms with van der Waals surface area (Å²) in [7, 11) is 0. The van der Waals surface area contributed by atoms with Gasteiger partial charge in [-0.15, -0.1) is 0 Å². The molecule has 1 aliphatic heterocycles. The van der Waals surface area contributed by atoms with E-state index in [0.29, 0.717) is 38.4 Å². The lowest BCUT2D eigenvalue weighted by Crippen LogP contribution is -2.52. The standard InChI is InChI=1S/C16H23N3O3/c1-12-3-4-14(11-13(12)2)17-15(21)16(22)19-7-5-18(6-8-19)9-10-20/h3-4,11,20H,5-10H2,1-2H3,(H,17,21). The monoisotopic (exact) mass is 305 g/mol. The Morgan fingerprint density at radius 1 is 1.14 bits per heavy atom. The summed E-state index contributed by atoms with van der Waals surface area (Å²) in [6.07, 6.45) is 0. The Labute approximate surface area is 130 Å². The molecule has 0 unspecified atom stereocenters. The number of aryl methyl sites for hydroxylation is 2. The molecule has 1 fully saturated rings. The lowest BCUT2D eigenvalue weighted by atomic mass is 10.1. The first-order valence-electron chi connectivity index (χ1n) is 7.52. The second kappa shape index (κ2) is 7.38. The molecule has 6 nitrogen and oxygen atoms in total. The second-order valence-corrected chi connectivity index (χ2v) is 5.61. The molecule has 0 radical (unpaired) electrons. The molecule has 120 valence electrons. The predicted octanol–water partition coefficient (Wildman–Crippen LogP) is 0.378. The largest absolute Gasteiger partial charge is 0.395 e. The number of carbonyl (C=O) groups is 2. The van der Waals surface area contributed by atoms with Crippen molar-refractivity contribution in [2.24, 2.45) is 0 Å². The molecule has 6 heteroatoms. The summed E-state index contributed by atoms with van der Waals surface area (Å²) >= 11 is 0. The molecule has 0 aromatic heterocycles. The number of hydrogen-bond donors (Lipinski definition) is 2. The van der Waals surface area contributed by atoms with E-state index >= 15 is 0 Å². The van der Waals surface area contributed by atoms with Gasteiger partial charge < -0.3 is 15.3 Å². The number of carbonyl (C=O) groups excluding carboxylic acids is 2. The van der Waals surface area contributed by atoms with E-state index in [4.69, 9.17) is 5.11 Å². The fraction of sp³-hybridized carbons (Fsp3) is 0.500. The summed E-state index contributed by atoms with van der Waals surface area (Å²) in [5, 5.41) is 11.6. The van der Waals surface area contributed by atoms with Crippen LogP contribution in [-0.2, 0) is 9.59 Å². The van der Waals surface area contributed by atoms with Crippen molar-refractivity contribution in [3.05, 3.63) is 29.3 Å². The number of hydrogen-bond acceptors (Lipinski definition) is 4. The first-order chi connectivity index (χ1) is 10.5. The van der Waals surface area contributed by atoms with Crippen LogP contribution in [0.3, 0.4) is 0 Å². The first-order valence-corrected chi connectivity index (χ1v) is 7.52. The van der Waals surface area contributed by atoms with Crippen molar-refractivity contribution < 1.29 is 14.7 Å². The summed E-state index contributed by atoms with van der Waals surface area (Å²) in [4.78, 5) is 27.9. The number of piperazine rings is 1. The van der Waals surface area contributed by atoms with Gasteiger partial charge in [0.25, 0.3) is 0 Å². The Hall–Kier alpha value is -1.92. The maximum absolute atomic E-state index is 12.2. The van der Waals surface area contributed by atoms with Gasteiger partial charge in [0.1, 0.15) is 0 Å². The Morgan fingerprint density at radius 3 is 2.41 bits per heavy atom. The highest BCUT2D eigenvalue weighted by atomic mass is 16.3. The average Bonchev–Trinajstić information content (AvgIpc) is 2.51. The van der Waals surface area contributed by atoms with Crippen molar-refractivity contribution in [1.82, 2.24) is 9.80 Å². The number of nitrogens with one attached hydrogen (secondary N) is 1. The number of nitrogens with zero attached hydrogens (tertiary/aromatic N) is 2. The minimum absolute atomic E-state index is 0.112. The Bertz CT molecular complexity index is 552. The molecule has 0 aliphatic carbocycles. The van der Waals surface area contributed by atoms with Crippen molar-refractivity contribution in [1.29, 1.82) is 0 Å². The van der Waals surface area contributed by atoms with E-state index in [2.05, 4.69) is 10.2 Å². The molecule has 1 aromatic rings. The smallest absolute Gasteiger partial charge is 0.313 e. The fourth-order valence-electron chi connectivity index (χ4n) is 2.46. The van der Waals surface area contributed by atoms with Crippen LogP contribution in [0.4, 0.5) is 5.69 Å². The second-order valence-electron chi connectivity index (χ2n) is 5.61. The molecule has 2 amide bonds. The van der Waals surface area contributed by atoms with Gasteiger partial charge in [0.2, 0.25) is 0 Å². The van der Waals surface area contributed by atoms with Gasteiger partial charge in [0.15, 0.2) is 0 Å². The van der Waals surface area contributed by atoms with E-state index in [1.54, 1.807) is 11.0 Å². The predicted molar refractivity (Wildman–Crippen MR) is 84.7 cm³/mol. The van der Waals surface area contributed by atoms with Gasteiger partial charge in [0.05, 0.1) is 6.61 Å². The lowest BCUT2D eigenvalue weighted by Gasteiger charge is -2.33. The van der Waals surface area contributed by atoms with E-state index < -0.39 is 11.8 Å². The molecular formula is C16H23N3O3. The van der Waals surface area contributed by atoms with Crippen LogP contribution >= 0.6 is 0 Å². The van der Waals surface area contributed by atoms with Gasteiger partial charge in [-0.05, 0) is 37.1 Å². The number of anilines is 1. The summed E-state index contributed by atoms with van der Waals surface area (Å²) in [5.41, 5.74) is 2.85. The highest BCUT2D eigenvalue weighted by Crippen LogP contribution is 2.14. The highest BCUT2D eigenvalue weighted by molar-refractivity contribution is 6.39. The molecule has 1 saturated heterocycles. The third-order valence-corrected chi connectivity index (χ3v) is 4.03. The van der Waals surface area contributed by atoms with Crippen LogP contribution in [0.5, 0.6) is 0 Å². The molecular weight excluding hydrogens is 282 g/mol. The maximum Gasteiger partial charge on any atom is 0.313 e. The summed E-state index contributed by atoms with van der Waals surface area (Å²) in [6, 6.07) is 5.58. The number of aliphatic hydroxyl groups excluding tert-OH is 1. The zero-order chi connectivity index (χ0) is 16.1. The van der Waals surface area contributed by atoms with Crippen LogP contribution in [0.15, 0.2) is 18.2 Å². The molecule has 22 heavy (non-hydrogen) atoms. The van der Waals surface area contributed by atoms with E-state index in [0.717, 1.165) is 11.1 Å². The Kier molecular flexibility index (Phi) is 5.51. The van der Waals surface area contributed by atoms with Crippen LogP contribution in [-0.4, -0.2) is 66.1 Å². The molecule has 0 spiro atoms. The van der Waals surface area contributed by atoms with E-state index in [9.17, 15) is 9.59 Å². The Morgan fingerprint density at radius 2 is 1.82 bits per heavy atom. The number of aliphatic hydroxyl groups is 1. The van der Waals surface area contributed by atoms with E-state index in [-0.39, 0.29) is 6.61 Å². The van der Waals surface area contributed by atoms with Crippen LogP contribution in [0.25, 0.3) is 0 Å². The van der Waals surface area contributed by atoms with Crippen LogP contribution < -0.4 is 5.32 Å². The van der Waals surface area contributed by atoms with Gasteiger partial charge in [-0.2, -0.15) is 0 Å². The van der Waals surface area contributed by atoms with Crippen LogP contribution in [0.1, 0.15) is 11.1 Å². The van der Waals surface area contributed by atoms with Gasteiger partial charge in [-0.3, -0.25) is 14.5 Å².